The third-order valence-corrected chi connectivity index (χ3v) is 2.61. The van der Waals surface area contributed by atoms with Crippen molar-refractivity contribution >= 4 is 5.84 Å². The first-order valence-corrected chi connectivity index (χ1v) is 5.88. The topological polar surface area (TPSA) is 27.6 Å². The van der Waals surface area contributed by atoms with Crippen molar-refractivity contribution in [3.63, 3.8) is 0 Å². The van der Waals surface area contributed by atoms with Crippen LogP contribution in [0.2, 0.25) is 0 Å². The van der Waals surface area contributed by atoms with Gasteiger partial charge in [0.1, 0.15) is 11.7 Å². The van der Waals surface area contributed by atoms with Crippen molar-refractivity contribution in [3.05, 3.63) is 37.5 Å². The highest BCUT2D eigenvalue weighted by Crippen LogP contribution is 2.13. The third kappa shape index (κ3) is 4.06. The summed E-state index contributed by atoms with van der Waals surface area (Å²) in [6, 6.07) is 0.433. The maximum atomic E-state index is 12.9. The molecule has 1 N–H and O–H groups in total. The van der Waals surface area contributed by atoms with Crippen molar-refractivity contribution < 1.29 is 4.39 Å². The second-order valence-corrected chi connectivity index (χ2v) is 3.99. The van der Waals surface area contributed by atoms with Gasteiger partial charge in [-0.2, -0.15) is 0 Å². The van der Waals surface area contributed by atoms with E-state index in [0.717, 1.165) is 37.8 Å². The highest BCUT2D eigenvalue weighted by molar-refractivity contribution is 5.83. The van der Waals surface area contributed by atoms with Crippen molar-refractivity contribution in [1.29, 1.82) is 0 Å². The summed E-state index contributed by atoms with van der Waals surface area (Å²) in [5.41, 5.74) is 0. The molecule has 0 radical (unpaired) electrons. The normalized spacial score (nSPS) is 17.6. The van der Waals surface area contributed by atoms with Crippen molar-refractivity contribution in [2.45, 2.75) is 25.8 Å². The van der Waals surface area contributed by atoms with Crippen LogP contribution in [0, 0.1) is 0 Å². The van der Waals surface area contributed by atoms with E-state index in [1.54, 1.807) is 6.20 Å². The molecule has 17 heavy (non-hydrogen) atoms. The zero-order valence-electron chi connectivity index (χ0n) is 10.3. The molecule has 0 aromatic carbocycles. The summed E-state index contributed by atoms with van der Waals surface area (Å²) in [6.45, 7) is 10.9. The van der Waals surface area contributed by atoms with E-state index in [4.69, 9.17) is 0 Å². The first-order valence-electron chi connectivity index (χ1n) is 5.88. The Kier molecular flexibility index (Phi) is 5.46. The third-order valence-electron chi connectivity index (χ3n) is 2.61. The summed E-state index contributed by atoms with van der Waals surface area (Å²) >= 11 is 0. The smallest absolute Gasteiger partial charge is 0.140 e. The number of nitrogens with zero attached hydrogens (tertiary/aromatic N) is 2. The Morgan fingerprint density at radius 3 is 2.76 bits per heavy atom. The molecule has 3 nitrogen and oxygen atoms in total. The molecule has 0 atom stereocenters. The minimum atomic E-state index is -0.403. The number of hydrogen-bond acceptors (Lipinski definition) is 2. The Balaban J connectivity index is 2.56. The zero-order valence-corrected chi connectivity index (χ0v) is 10.3. The fourth-order valence-corrected chi connectivity index (χ4v) is 1.68. The van der Waals surface area contributed by atoms with Crippen LogP contribution in [0.25, 0.3) is 0 Å². The van der Waals surface area contributed by atoms with Crippen LogP contribution in [0.4, 0.5) is 4.39 Å². The minimum Gasteiger partial charge on any atom is -0.385 e. The Morgan fingerprint density at radius 2 is 2.24 bits per heavy atom. The van der Waals surface area contributed by atoms with Gasteiger partial charge >= 0.3 is 0 Å². The zero-order chi connectivity index (χ0) is 12.7. The Labute approximate surface area is 102 Å². The molecule has 0 unspecified atom stereocenters. The number of amidine groups is 1. The number of rotatable bonds is 6. The van der Waals surface area contributed by atoms with Crippen molar-refractivity contribution in [2.24, 2.45) is 4.99 Å². The summed E-state index contributed by atoms with van der Waals surface area (Å²) in [7, 11) is 0. The minimum absolute atomic E-state index is 0.403. The maximum absolute atomic E-state index is 12.9. The van der Waals surface area contributed by atoms with E-state index in [2.05, 4.69) is 35.3 Å². The Bertz CT molecular complexity index is 328. The van der Waals surface area contributed by atoms with Crippen LogP contribution in [-0.2, 0) is 0 Å². The molecule has 0 saturated carbocycles. The van der Waals surface area contributed by atoms with E-state index in [1.165, 1.54) is 6.20 Å². The predicted molar refractivity (Wildman–Crippen MR) is 70.4 cm³/mol. The lowest BCUT2D eigenvalue weighted by molar-refractivity contribution is 0.226. The van der Waals surface area contributed by atoms with Crippen LogP contribution in [0.5, 0.6) is 0 Å². The lowest BCUT2D eigenvalue weighted by Gasteiger charge is -2.41. The molecule has 4 heteroatoms. The highest BCUT2D eigenvalue weighted by Gasteiger charge is 2.27. The van der Waals surface area contributed by atoms with Gasteiger partial charge in [0.25, 0.3) is 0 Å². The van der Waals surface area contributed by atoms with E-state index < -0.39 is 5.83 Å². The van der Waals surface area contributed by atoms with E-state index in [0.29, 0.717) is 6.04 Å². The summed E-state index contributed by atoms with van der Waals surface area (Å²) in [5.74, 6) is 0.534. The second-order valence-electron chi connectivity index (χ2n) is 3.99. The molecule has 1 saturated heterocycles. The van der Waals surface area contributed by atoms with Crippen LogP contribution in [0.15, 0.2) is 42.5 Å². The van der Waals surface area contributed by atoms with Crippen LogP contribution >= 0.6 is 0 Å². The van der Waals surface area contributed by atoms with Gasteiger partial charge in [0.05, 0.1) is 12.2 Å². The van der Waals surface area contributed by atoms with Crippen LogP contribution < -0.4 is 5.32 Å². The fraction of sp³-hybridized carbons (Fsp3) is 0.462. The fourth-order valence-electron chi connectivity index (χ4n) is 1.68. The van der Waals surface area contributed by atoms with Gasteiger partial charge in [-0.05, 0) is 18.7 Å². The monoisotopic (exact) mass is 237 g/mol. The predicted octanol–water partition coefficient (Wildman–Crippen LogP) is 2.60. The molecule has 1 fully saturated rings. The molecule has 1 aliphatic heterocycles. The summed E-state index contributed by atoms with van der Waals surface area (Å²) in [6.07, 6.45) is 5.95. The van der Waals surface area contributed by atoms with Gasteiger partial charge in [0.2, 0.25) is 0 Å². The molecule has 0 aliphatic carbocycles. The molecule has 0 aromatic heterocycles. The van der Waals surface area contributed by atoms with E-state index in [-0.39, 0.29) is 0 Å². The van der Waals surface area contributed by atoms with Crippen LogP contribution in [0.3, 0.4) is 0 Å². The molecule has 0 spiro atoms. The van der Waals surface area contributed by atoms with Crippen LogP contribution in [-0.4, -0.2) is 29.9 Å². The second kappa shape index (κ2) is 6.89. The standard InChI is InChI=1S/C13H20FN3/c1-4-7-13(16-8-11(14)5-2)17-9-12(10-17)15-6-3/h5-6,8,12,15H,2-4,7,9-10H2,1H3/b11-8+,16-13+. The van der Waals surface area contributed by atoms with Crippen molar-refractivity contribution in [3.8, 4) is 0 Å². The van der Waals surface area contributed by atoms with Gasteiger partial charge in [-0.3, -0.25) is 0 Å². The first-order chi connectivity index (χ1) is 8.21. The number of likely N-dealkylation sites (tertiary alicyclic amines) is 1. The quantitative estimate of drug-likeness (QED) is 0.437. The van der Waals surface area contributed by atoms with Gasteiger partial charge in [-0.25, -0.2) is 9.38 Å². The van der Waals surface area contributed by atoms with Gasteiger partial charge < -0.3 is 10.2 Å². The molecule has 1 rings (SSSR count). The number of nitrogens with one attached hydrogen (secondary N) is 1. The number of halogens is 1. The average Bonchev–Trinajstić information content (AvgIpc) is 2.28. The molecule has 0 bridgehead atoms. The van der Waals surface area contributed by atoms with Crippen LogP contribution in [0.1, 0.15) is 19.8 Å². The number of hydrogen-bond donors (Lipinski definition) is 1. The van der Waals surface area contributed by atoms with Gasteiger partial charge in [0, 0.05) is 19.5 Å². The lowest BCUT2D eigenvalue weighted by Crippen LogP contribution is -2.58. The molecular formula is C13H20FN3. The largest absolute Gasteiger partial charge is 0.385 e. The molecule has 1 aliphatic rings. The Morgan fingerprint density at radius 1 is 1.53 bits per heavy atom. The first kappa shape index (κ1) is 13.5. The van der Waals surface area contributed by atoms with E-state index >= 15 is 0 Å². The van der Waals surface area contributed by atoms with E-state index in [9.17, 15) is 4.39 Å². The highest BCUT2D eigenvalue weighted by atomic mass is 19.1. The van der Waals surface area contributed by atoms with Crippen molar-refractivity contribution in [1.82, 2.24) is 10.2 Å². The summed E-state index contributed by atoms with van der Waals surface area (Å²) < 4.78 is 12.9. The molecule has 94 valence electrons. The molecule has 1 heterocycles. The molecular weight excluding hydrogens is 217 g/mol. The molecule has 0 aromatic rings. The van der Waals surface area contributed by atoms with Crippen molar-refractivity contribution in [2.75, 3.05) is 13.1 Å². The Hall–Kier alpha value is -1.58. The summed E-state index contributed by atoms with van der Waals surface area (Å²) in [4.78, 5) is 6.33. The van der Waals surface area contributed by atoms with E-state index in [1.807, 2.05) is 0 Å². The maximum Gasteiger partial charge on any atom is 0.140 e. The van der Waals surface area contributed by atoms with Gasteiger partial charge in [-0.1, -0.05) is 20.1 Å². The van der Waals surface area contributed by atoms with Gasteiger partial charge in [0.15, 0.2) is 0 Å². The SMILES string of the molecule is C=CNC1CN(/C(CCC)=N/C=C(/F)C=C)C1. The number of allylic oxidation sites excluding steroid dienone is 2. The van der Waals surface area contributed by atoms with Gasteiger partial charge in [-0.15, -0.1) is 0 Å². The summed E-state index contributed by atoms with van der Waals surface area (Å²) in [5, 5.41) is 3.15. The number of aliphatic imine (C=N–C) groups is 1. The molecule has 0 amide bonds. The lowest BCUT2D eigenvalue weighted by atomic mass is 10.1. The average molecular weight is 237 g/mol.